The molecule has 2 aromatic rings. The van der Waals surface area contributed by atoms with E-state index in [-0.39, 0.29) is 6.29 Å². The van der Waals surface area contributed by atoms with Crippen LogP contribution in [-0.2, 0) is 16.1 Å². The molecule has 1 aliphatic heterocycles. The highest BCUT2D eigenvalue weighted by Gasteiger charge is 2.16. The maximum Gasteiger partial charge on any atom is 0.158 e. The molecule has 1 saturated heterocycles. The molecule has 3 heteroatoms. The molecule has 0 radical (unpaired) electrons. The monoisotopic (exact) mass is 271 g/mol. The predicted molar refractivity (Wildman–Crippen MR) is 81.5 cm³/mol. The minimum Gasteiger partial charge on any atom is -0.361 e. The summed E-state index contributed by atoms with van der Waals surface area (Å²) in [6.45, 7) is 7.42. The first kappa shape index (κ1) is 13.4. The van der Waals surface area contributed by atoms with Gasteiger partial charge >= 0.3 is 0 Å². The lowest BCUT2D eigenvalue weighted by atomic mass is 10.00. The zero-order valence-corrected chi connectivity index (χ0v) is 11.9. The Bertz CT molecular complexity index is 609. The molecule has 0 aliphatic carbocycles. The minimum atomic E-state index is -0.0586. The van der Waals surface area contributed by atoms with Gasteiger partial charge in [0.25, 0.3) is 0 Å². The number of rotatable bonds is 4. The van der Waals surface area contributed by atoms with Gasteiger partial charge in [0.2, 0.25) is 0 Å². The number of aromatic nitrogens is 1. The van der Waals surface area contributed by atoms with Gasteiger partial charge in [0.15, 0.2) is 6.29 Å². The van der Waals surface area contributed by atoms with Gasteiger partial charge in [-0.1, -0.05) is 12.7 Å². The first-order valence-corrected chi connectivity index (χ1v) is 7.25. The molecule has 1 fully saturated rings. The molecule has 1 unspecified atom stereocenters. The molecule has 0 bridgehead atoms. The van der Waals surface area contributed by atoms with Gasteiger partial charge in [0.05, 0.1) is 6.61 Å². The van der Waals surface area contributed by atoms with E-state index in [0.29, 0.717) is 6.61 Å². The highest BCUT2D eigenvalue weighted by Crippen LogP contribution is 2.27. The Morgan fingerprint density at radius 3 is 3.15 bits per heavy atom. The lowest BCUT2D eigenvalue weighted by Gasteiger charge is -2.23. The Morgan fingerprint density at radius 1 is 1.50 bits per heavy atom. The largest absolute Gasteiger partial charge is 0.361 e. The van der Waals surface area contributed by atoms with Crippen LogP contribution in [0.5, 0.6) is 0 Å². The number of ether oxygens (including phenoxy) is 2. The van der Waals surface area contributed by atoms with Crippen LogP contribution in [-0.4, -0.2) is 17.9 Å². The Hall–Kier alpha value is -1.58. The maximum atomic E-state index is 5.94. The van der Waals surface area contributed by atoms with E-state index in [0.717, 1.165) is 25.0 Å². The van der Waals surface area contributed by atoms with Gasteiger partial charge in [-0.3, -0.25) is 0 Å². The average Bonchev–Trinajstić information content (AvgIpc) is 2.97. The highest BCUT2D eigenvalue weighted by molar-refractivity contribution is 5.88. The molecule has 20 heavy (non-hydrogen) atoms. The summed E-state index contributed by atoms with van der Waals surface area (Å²) in [6.07, 6.45) is 7.14. The van der Waals surface area contributed by atoms with Crippen molar-refractivity contribution in [2.24, 2.45) is 0 Å². The van der Waals surface area contributed by atoms with Crippen molar-refractivity contribution in [3.05, 3.63) is 41.6 Å². The third kappa shape index (κ3) is 2.51. The van der Waals surface area contributed by atoms with Gasteiger partial charge in [-0.05, 0) is 55.0 Å². The maximum absolute atomic E-state index is 5.94. The van der Waals surface area contributed by atoms with Crippen LogP contribution in [0.15, 0.2) is 24.9 Å². The number of fused-ring (bicyclic) bond motifs is 1. The molecule has 0 saturated carbocycles. The minimum absolute atomic E-state index is 0.0586. The summed E-state index contributed by atoms with van der Waals surface area (Å²) in [5.41, 5.74) is 4.75. The van der Waals surface area contributed by atoms with E-state index in [2.05, 4.69) is 30.6 Å². The van der Waals surface area contributed by atoms with Crippen molar-refractivity contribution < 1.29 is 9.47 Å². The van der Waals surface area contributed by atoms with Gasteiger partial charge in [-0.25, -0.2) is 0 Å². The molecular formula is C17H21NO2. The van der Waals surface area contributed by atoms with Gasteiger partial charge < -0.3 is 14.5 Å². The molecule has 1 N–H and O–H groups in total. The summed E-state index contributed by atoms with van der Waals surface area (Å²) in [5.74, 6) is 0. The van der Waals surface area contributed by atoms with Crippen molar-refractivity contribution in [1.82, 2.24) is 4.98 Å². The summed E-state index contributed by atoms with van der Waals surface area (Å²) in [5, 5.41) is 1.22. The molecule has 3 rings (SSSR count). The van der Waals surface area contributed by atoms with Crippen LogP contribution in [0.4, 0.5) is 0 Å². The van der Waals surface area contributed by atoms with Crippen LogP contribution in [0.1, 0.15) is 36.0 Å². The number of hydrogen-bond acceptors (Lipinski definition) is 2. The molecule has 1 atom stereocenters. The number of hydrogen-bond donors (Lipinski definition) is 1. The zero-order valence-electron chi connectivity index (χ0n) is 11.9. The summed E-state index contributed by atoms with van der Waals surface area (Å²) in [7, 11) is 0. The van der Waals surface area contributed by atoms with Crippen molar-refractivity contribution in [2.45, 2.75) is 39.1 Å². The summed E-state index contributed by atoms with van der Waals surface area (Å²) >= 11 is 0. The van der Waals surface area contributed by atoms with Crippen LogP contribution < -0.4 is 0 Å². The number of aromatic amines is 1. The first-order valence-electron chi connectivity index (χ1n) is 7.25. The van der Waals surface area contributed by atoms with Crippen LogP contribution in [0.25, 0.3) is 17.0 Å². The van der Waals surface area contributed by atoms with Crippen LogP contribution in [0.3, 0.4) is 0 Å². The normalized spacial score (nSPS) is 19.4. The van der Waals surface area contributed by atoms with Crippen LogP contribution in [0.2, 0.25) is 0 Å². The number of aryl methyl sites for hydroxylation is 1. The molecule has 1 aliphatic rings. The van der Waals surface area contributed by atoms with E-state index in [1.165, 1.54) is 28.5 Å². The lowest BCUT2D eigenvalue weighted by molar-refractivity contribution is -0.168. The predicted octanol–water partition coefficient (Wildman–Crippen LogP) is 4.16. The molecular weight excluding hydrogens is 250 g/mol. The summed E-state index contributed by atoms with van der Waals surface area (Å²) in [6, 6.07) is 4.27. The molecule has 0 amide bonds. The van der Waals surface area contributed by atoms with E-state index in [4.69, 9.17) is 9.47 Å². The molecule has 0 spiro atoms. The quantitative estimate of drug-likeness (QED) is 0.906. The number of benzene rings is 1. The second-order valence-electron chi connectivity index (χ2n) is 5.34. The fourth-order valence-corrected chi connectivity index (χ4v) is 2.86. The highest BCUT2D eigenvalue weighted by atomic mass is 16.7. The van der Waals surface area contributed by atoms with E-state index >= 15 is 0 Å². The Labute approximate surface area is 119 Å². The SMILES string of the molecule is C=Cc1cc(C)c2[nH]ccc2c1COC1CCCCO1. The summed E-state index contributed by atoms with van der Waals surface area (Å²) in [4.78, 5) is 3.30. The number of nitrogens with one attached hydrogen (secondary N) is 1. The lowest BCUT2D eigenvalue weighted by Crippen LogP contribution is -2.22. The Kier molecular flexibility index (Phi) is 3.90. The van der Waals surface area contributed by atoms with Crippen LogP contribution >= 0.6 is 0 Å². The van der Waals surface area contributed by atoms with E-state index in [1.54, 1.807) is 0 Å². The first-order chi connectivity index (χ1) is 9.79. The van der Waals surface area contributed by atoms with Gasteiger partial charge in [0, 0.05) is 23.7 Å². The van der Waals surface area contributed by atoms with Crippen LogP contribution in [0, 0.1) is 6.92 Å². The van der Waals surface area contributed by atoms with E-state index in [9.17, 15) is 0 Å². The summed E-state index contributed by atoms with van der Waals surface area (Å²) < 4.78 is 11.6. The second kappa shape index (κ2) is 5.81. The average molecular weight is 271 g/mol. The van der Waals surface area contributed by atoms with Crippen molar-refractivity contribution in [1.29, 1.82) is 0 Å². The van der Waals surface area contributed by atoms with E-state index in [1.807, 2.05) is 12.3 Å². The third-order valence-corrected chi connectivity index (χ3v) is 3.96. The smallest absolute Gasteiger partial charge is 0.158 e. The standard InChI is InChI=1S/C17H21NO2/c1-3-13-10-12(2)17-14(7-8-18-17)15(13)11-20-16-6-4-5-9-19-16/h3,7-8,10,16,18H,1,4-6,9,11H2,2H3. The molecule has 1 aromatic carbocycles. The fourth-order valence-electron chi connectivity index (χ4n) is 2.86. The van der Waals surface area contributed by atoms with Gasteiger partial charge in [0.1, 0.15) is 0 Å². The fraction of sp³-hybridized carbons (Fsp3) is 0.412. The van der Waals surface area contributed by atoms with Crippen molar-refractivity contribution in [2.75, 3.05) is 6.61 Å². The molecule has 3 nitrogen and oxygen atoms in total. The van der Waals surface area contributed by atoms with Gasteiger partial charge in [-0.15, -0.1) is 0 Å². The Balaban J connectivity index is 1.87. The van der Waals surface area contributed by atoms with Crippen molar-refractivity contribution in [3.8, 4) is 0 Å². The second-order valence-corrected chi connectivity index (χ2v) is 5.34. The van der Waals surface area contributed by atoms with Gasteiger partial charge in [-0.2, -0.15) is 0 Å². The zero-order chi connectivity index (χ0) is 13.9. The Morgan fingerprint density at radius 2 is 2.40 bits per heavy atom. The molecule has 2 heterocycles. The molecule has 106 valence electrons. The number of H-pyrrole nitrogens is 1. The van der Waals surface area contributed by atoms with E-state index < -0.39 is 0 Å². The third-order valence-electron chi connectivity index (χ3n) is 3.96. The van der Waals surface area contributed by atoms with Crippen molar-refractivity contribution in [3.63, 3.8) is 0 Å². The topological polar surface area (TPSA) is 34.2 Å². The van der Waals surface area contributed by atoms with Crippen molar-refractivity contribution >= 4 is 17.0 Å². The molecule has 1 aromatic heterocycles.